The van der Waals surface area contributed by atoms with Crippen LogP contribution in [0.1, 0.15) is 36.5 Å². The quantitative estimate of drug-likeness (QED) is 0.258. The molecule has 0 radical (unpaired) electrons. The van der Waals surface area contributed by atoms with E-state index in [1.807, 2.05) is 6.92 Å². The fraction of sp³-hybridized carbons (Fsp3) is 0.462. The van der Waals surface area contributed by atoms with Crippen molar-refractivity contribution >= 4 is 5.78 Å². The van der Waals surface area contributed by atoms with Gasteiger partial charge in [0.2, 0.25) is 0 Å². The molecule has 0 saturated heterocycles. The molecular formula is C13H19N5O. The van der Waals surface area contributed by atoms with Crippen molar-refractivity contribution in [3.63, 3.8) is 0 Å². The number of hydrogen-bond acceptors (Lipinski definition) is 4. The molecule has 0 bridgehead atoms. The number of rotatable bonds is 7. The third-order valence-corrected chi connectivity index (χ3v) is 3.00. The number of carbonyl (C=O) groups is 1. The minimum atomic E-state index is -1.68. The summed E-state index contributed by atoms with van der Waals surface area (Å²) in [5, 5.41) is 3.59. The van der Waals surface area contributed by atoms with E-state index in [1.54, 1.807) is 30.3 Å². The number of unbranched alkanes of at least 4 members (excludes halogenated alkanes) is 1. The fourth-order valence-corrected chi connectivity index (χ4v) is 1.84. The van der Waals surface area contributed by atoms with Gasteiger partial charge >= 0.3 is 0 Å². The van der Waals surface area contributed by atoms with Gasteiger partial charge in [0.25, 0.3) is 0 Å². The van der Waals surface area contributed by atoms with Crippen LogP contribution in [-0.2, 0) is 0 Å². The monoisotopic (exact) mass is 261 g/mol. The number of nitrogens with zero attached hydrogens (tertiary/aromatic N) is 3. The van der Waals surface area contributed by atoms with Crippen molar-refractivity contribution in [1.82, 2.24) is 0 Å². The van der Waals surface area contributed by atoms with Gasteiger partial charge in [-0.25, -0.2) is 0 Å². The van der Waals surface area contributed by atoms with Crippen molar-refractivity contribution in [3.8, 4) is 0 Å². The molecule has 1 unspecified atom stereocenters. The van der Waals surface area contributed by atoms with Gasteiger partial charge in [-0.1, -0.05) is 55.2 Å². The summed E-state index contributed by atoms with van der Waals surface area (Å²) >= 11 is 0. The van der Waals surface area contributed by atoms with Gasteiger partial charge in [0.1, 0.15) is 5.66 Å². The van der Waals surface area contributed by atoms with Crippen molar-refractivity contribution in [2.75, 3.05) is 0 Å². The second kappa shape index (κ2) is 6.89. The maximum absolute atomic E-state index is 12.3. The fourth-order valence-electron chi connectivity index (χ4n) is 1.84. The maximum atomic E-state index is 12.3. The van der Waals surface area contributed by atoms with Crippen LogP contribution in [0, 0.1) is 0 Å². The molecule has 6 heteroatoms. The summed E-state index contributed by atoms with van der Waals surface area (Å²) in [5.41, 5.74) is 19.2. The predicted molar refractivity (Wildman–Crippen MR) is 74.3 cm³/mol. The Kier molecular flexibility index (Phi) is 5.51. The van der Waals surface area contributed by atoms with Crippen molar-refractivity contribution in [2.45, 2.75) is 37.9 Å². The van der Waals surface area contributed by atoms with Crippen LogP contribution in [0.5, 0.6) is 0 Å². The zero-order valence-electron chi connectivity index (χ0n) is 11.0. The van der Waals surface area contributed by atoms with E-state index >= 15 is 0 Å². The van der Waals surface area contributed by atoms with Gasteiger partial charge in [-0.05, 0) is 12.0 Å². The van der Waals surface area contributed by atoms with E-state index in [2.05, 4.69) is 10.0 Å². The molecule has 0 aliphatic heterocycles. The first-order chi connectivity index (χ1) is 9.04. The molecule has 0 saturated carbocycles. The second-order valence-electron chi connectivity index (χ2n) is 4.49. The van der Waals surface area contributed by atoms with Crippen LogP contribution in [0.2, 0.25) is 0 Å². The summed E-state index contributed by atoms with van der Waals surface area (Å²) in [6, 6.07) is 7.81. The highest BCUT2D eigenvalue weighted by Gasteiger charge is 2.37. The third kappa shape index (κ3) is 3.79. The van der Waals surface area contributed by atoms with E-state index in [4.69, 9.17) is 17.0 Å². The van der Waals surface area contributed by atoms with Crippen molar-refractivity contribution in [3.05, 3.63) is 46.3 Å². The Balaban J connectivity index is 2.98. The average Bonchev–Trinajstić information content (AvgIpc) is 2.43. The number of nitrogens with two attached hydrogens (primary N) is 2. The molecule has 0 spiro atoms. The molecule has 0 aromatic heterocycles. The van der Waals surface area contributed by atoms with Gasteiger partial charge in [0.15, 0.2) is 5.78 Å². The van der Waals surface area contributed by atoms with Crippen LogP contribution >= 0.6 is 0 Å². The van der Waals surface area contributed by atoms with Crippen molar-refractivity contribution in [2.24, 2.45) is 16.6 Å². The largest absolute Gasteiger partial charge is 0.307 e. The van der Waals surface area contributed by atoms with E-state index in [0.29, 0.717) is 12.0 Å². The normalized spacial score (nSPS) is 12.6. The van der Waals surface area contributed by atoms with Crippen molar-refractivity contribution in [1.29, 1.82) is 0 Å². The van der Waals surface area contributed by atoms with E-state index in [9.17, 15) is 4.79 Å². The van der Waals surface area contributed by atoms with Crippen LogP contribution in [-0.4, -0.2) is 17.5 Å². The first kappa shape index (κ1) is 15.2. The van der Waals surface area contributed by atoms with Crippen LogP contribution in [0.4, 0.5) is 0 Å². The Bertz CT molecular complexity index is 465. The molecule has 102 valence electrons. The molecule has 1 atom stereocenters. The summed E-state index contributed by atoms with van der Waals surface area (Å²) < 4.78 is 0. The second-order valence-corrected chi connectivity index (χ2v) is 4.49. The van der Waals surface area contributed by atoms with Gasteiger partial charge in [-0.3, -0.25) is 4.79 Å². The summed E-state index contributed by atoms with van der Waals surface area (Å²) in [6.07, 6.45) is 2.20. The van der Waals surface area contributed by atoms with E-state index in [0.717, 1.165) is 12.8 Å². The molecule has 6 nitrogen and oxygen atoms in total. The predicted octanol–water partition coefficient (Wildman–Crippen LogP) is 2.35. The Morgan fingerprint density at radius 1 is 1.42 bits per heavy atom. The Hall–Kier alpha value is -1.88. The highest BCUT2D eigenvalue weighted by Crippen LogP contribution is 2.18. The van der Waals surface area contributed by atoms with Crippen LogP contribution < -0.4 is 11.5 Å². The number of benzene rings is 1. The molecule has 0 fully saturated rings. The van der Waals surface area contributed by atoms with E-state index in [-0.39, 0.29) is 0 Å². The molecule has 0 aliphatic rings. The standard InChI is InChI=1S/C13H19N5O/c1-2-3-9-11(17-18-16)13(14,15)12(19)10-7-5-4-6-8-10/h4-8,11H,2-3,9,14-15H2,1H3. The van der Waals surface area contributed by atoms with Crippen LogP contribution in [0.25, 0.3) is 10.4 Å². The average molecular weight is 261 g/mol. The number of hydrogen-bond donors (Lipinski definition) is 2. The molecular weight excluding hydrogens is 242 g/mol. The zero-order chi connectivity index (χ0) is 14.3. The maximum Gasteiger partial charge on any atom is 0.197 e. The summed E-state index contributed by atoms with van der Waals surface area (Å²) in [7, 11) is 0. The molecule has 19 heavy (non-hydrogen) atoms. The van der Waals surface area contributed by atoms with Gasteiger partial charge in [-0.2, -0.15) is 0 Å². The summed E-state index contributed by atoms with van der Waals surface area (Å²) in [6.45, 7) is 2.00. The van der Waals surface area contributed by atoms with Gasteiger partial charge < -0.3 is 11.5 Å². The minimum absolute atomic E-state index is 0.415. The molecule has 0 heterocycles. The Morgan fingerprint density at radius 3 is 2.58 bits per heavy atom. The third-order valence-electron chi connectivity index (χ3n) is 3.00. The number of carbonyl (C=O) groups excluding carboxylic acids is 1. The first-order valence-electron chi connectivity index (χ1n) is 6.25. The summed E-state index contributed by atoms with van der Waals surface area (Å²) in [5.74, 6) is -0.415. The van der Waals surface area contributed by atoms with Crippen LogP contribution in [0.15, 0.2) is 35.4 Å². The Morgan fingerprint density at radius 2 is 2.05 bits per heavy atom. The molecule has 0 amide bonds. The lowest BCUT2D eigenvalue weighted by atomic mass is 9.89. The van der Waals surface area contributed by atoms with E-state index in [1.165, 1.54) is 0 Å². The van der Waals surface area contributed by atoms with Crippen molar-refractivity contribution < 1.29 is 4.79 Å². The topological polar surface area (TPSA) is 118 Å². The van der Waals surface area contributed by atoms with E-state index < -0.39 is 17.5 Å². The molecule has 1 aromatic carbocycles. The lowest BCUT2D eigenvalue weighted by molar-refractivity contribution is 0.0863. The smallest absolute Gasteiger partial charge is 0.197 e. The Labute approximate surface area is 112 Å². The number of ketones is 1. The zero-order valence-corrected chi connectivity index (χ0v) is 11.0. The SMILES string of the molecule is CCCCC(N=[N+]=[N-])C(N)(N)C(=O)c1ccccc1. The highest BCUT2D eigenvalue weighted by atomic mass is 16.1. The molecule has 4 N–H and O–H groups in total. The molecule has 0 aliphatic carbocycles. The van der Waals surface area contributed by atoms with Crippen LogP contribution in [0.3, 0.4) is 0 Å². The van der Waals surface area contributed by atoms with Gasteiger partial charge in [0, 0.05) is 10.5 Å². The number of Topliss-reactive ketones (excluding diaryl/α,β-unsaturated/α-hetero) is 1. The summed E-state index contributed by atoms with van der Waals surface area (Å²) in [4.78, 5) is 15.1. The lowest BCUT2D eigenvalue weighted by Crippen LogP contribution is -2.63. The first-order valence-corrected chi connectivity index (χ1v) is 6.25. The minimum Gasteiger partial charge on any atom is -0.307 e. The molecule has 1 aromatic rings. The lowest BCUT2D eigenvalue weighted by Gasteiger charge is -2.29. The molecule has 1 rings (SSSR count). The van der Waals surface area contributed by atoms with Gasteiger partial charge in [0.05, 0.1) is 6.04 Å². The number of azide groups is 1. The van der Waals surface area contributed by atoms with Gasteiger partial charge in [-0.15, -0.1) is 0 Å². The highest BCUT2D eigenvalue weighted by molar-refractivity contribution is 6.03.